The number of rotatable bonds is 10. The molecule has 4 heteroatoms. The quantitative estimate of drug-likeness (QED) is 0.669. The Labute approximate surface area is 124 Å². The molecule has 0 saturated heterocycles. The molecule has 1 N–H and O–H groups in total. The number of hydrogen-bond donors (Lipinski definition) is 1. The molecule has 3 nitrogen and oxygen atoms in total. The van der Waals surface area contributed by atoms with E-state index in [0.717, 1.165) is 39.3 Å². The maximum Gasteiger partial charge on any atom is 0.0587 e. The summed E-state index contributed by atoms with van der Waals surface area (Å²) in [5.41, 5.74) is 1.33. The highest BCUT2D eigenvalue weighted by atomic mass is 79.9. The first-order valence-corrected chi connectivity index (χ1v) is 7.58. The van der Waals surface area contributed by atoms with E-state index in [1.807, 2.05) is 13.0 Å². The molecule has 1 aromatic carbocycles. The lowest BCUT2D eigenvalue weighted by Gasteiger charge is -2.18. The van der Waals surface area contributed by atoms with E-state index >= 15 is 0 Å². The molecule has 1 rings (SSSR count). The van der Waals surface area contributed by atoms with Gasteiger partial charge in [-0.3, -0.25) is 0 Å². The molecule has 19 heavy (non-hydrogen) atoms. The average molecular weight is 330 g/mol. The summed E-state index contributed by atoms with van der Waals surface area (Å²) in [6.45, 7) is 6.17. The van der Waals surface area contributed by atoms with Crippen LogP contribution in [0.1, 0.15) is 12.5 Å². The molecule has 0 aromatic heterocycles. The van der Waals surface area contributed by atoms with Crippen LogP contribution in [0.3, 0.4) is 0 Å². The lowest BCUT2D eigenvalue weighted by atomic mass is 10.00. The van der Waals surface area contributed by atoms with Gasteiger partial charge in [-0.2, -0.15) is 0 Å². The summed E-state index contributed by atoms with van der Waals surface area (Å²) in [5.74, 6) is 0.482. The van der Waals surface area contributed by atoms with Gasteiger partial charge < -0.3 is 14.8 Å². The standard InChI is InChI=1S/C15H24BrNO2/c1-3-19-12-13(11-17-8-9-18-2)10-14-6-4-5-7-15(14)16/h4-7,13,17H,3,8-12H2,1-2H3. The Morgan fingerprint density at radius 1 is 1.32 bits per heavy atom. The van der Waals surface area contributed by atoms with Crippen molar-refractivity contribution < 1.29 is 9.47 Å². The third-order valence-electron chi connectivity index (χ3n) is 2.94. The molecule has 1 atom stereocenters. The molecule has 0 bridgehead atoms. The van der Waals surface area contributed by atoms with Crippen LogP contribution in [0.2, 0.25) is 0 Å². The van der Waals surface area contributed by atoms with Crippen LogP contribution in [0.5, 0.6) is 0 Å². The number of halogens is 1. The first-order valence-electron chi connectivity index (χ1n) is 6.78. The van der Waals surface area contributed by atoms with Crippen LogP contribution in [0.15, 0.2) is 28.7 Å². The summed E-state index contributed by atoms with van der Waals surface area (Å²) in [6, 6.07) is 8.38. The zero-order valence-corrected chi connectivity index (χ0v) is 13.4. The third kappa shape index (κ3) is 7.06. The van der Waals surface area contributed by atoms with Crippen molar-refractivity contribution in [1.82, 2.24) is 5.32 Å². The fraction of sp³-hybridized carbons (Fsp3) is 0.600. The van der Waals surface area contributed by atoms with E-state index < -0.39 is 0 Å². The summed E-state index contributed by atoms with van der Waals surface area (Å²) >= 11 is 3.60. The van der Waals surface area contributed by atoms with Gasteiger partial charge in [0.05, 0.1) is 13.2 Å². The Kier molecular flexibility index (Phi) is 9.08. The van der Waals surface area contributed by atoms with Gasteiger partial charge in [-0.1, -0.05) is 34.1 Å². The molecule has 1 aromatic rings. The fourth-order valence-corrected chi connectivity index (χ4v) is 2.38. The van der Waals surface area contributed by atoms with Crippen molar-refractivity contribution >= 4 is 15.9 Å². The van der Waals surface area contributed by atoms with E-state index in [1.54, 1.807) is 7.11 Å². The molecule has 108 valence electrons. The lowest BCUT2D eigenvalue weighted by molar-refractivity contribution is 0.108. The second-order valence-corrected chi connectivity index (χ2v) is 5.37. The zero-order chi connectivity index (χ0) is 13.9. The van der Waals surface area contributed by atoms with Crippen molar-refractivity contribution in [1.29, 1.82) is 0 Å². The summed E-state index contributed by atoms with van der Waals surface area (Å²) in [4.78, 5) is 0. The molecular weight excluding hydrogens is 306 g/mol. The van der Waals surface area contributed by atoms with E-state index in [1.165, 1.54) is 10.0 Å². The minimum absolute atomic E-state index is 0.482. The van der Waals surface area contributed by atoms with Crippen molar-refractivity contribution in [2.24, 2.45) is 5.92 Å². The van der Waals surface area contributed by atoms with Crippen molar-refractivity contribution in [3.63, 3.8) is 0 Å². The molecule has 0 heterocycles. The van der Waals surface area contributed by atoms with Gasteiger partial charge >= 0.3 is 0 Å². The molecule has 0 fully saturated rings. The van der Waals surface area contributed by atoms with E-state index in [9.17, 15) is 0 Å². The van der Waals surface area contributed by atoms with Crippen LogP contribution < -0.4 is 5.32 Å². The van der Waals surface area contributed by atoms with Crippen LogP contribution in [0, 0.1) is 5.92 Å². The normalized spacial score (nSPS) is 12.6. The molecule has 0 radical (unpaired) electrons. The fourth-order valence-electron chi connectivity index (χ4n) is 1.93. The van der Waals surface area contributed by atoms with Gasteiger partial charge in [-0.25, -0.2) is 0 Å². The predicted octanol–water partition coefficient (Wildman–Crippen LogP) is 2.88. The van der Waals surface area contributed by atoms with Gasteiger partial charge in [0, 0.05) is 31.3 Å². The van der Waals surface area contributed by atoms with Crippen LogP contribution >= 0.6 is 15.9 Å². The second-order valence-electron chi connectivity index (χ2n) is 4.52. The molecule has 0 spiro atoms. The Morgan fingerprint density at radius 3 is 2.79 bits per heavy atom. The number of hydrogen-bond acceptors (Lipinski definition) is 3. The average Bonchev–Trinajstić information content (AvgIpc) is 2.43. The smallest absolute Gasteiger partial charge is 0.0587 e. The van der Waals surface area contributed by atoms with Crippen molar-refractivity contribution in [3.05, 3.63) is 34.3 Å². The van der Waals surface area contributed by atoms with E-state index in [2.05, 4.69) is 39.4 Å². The van der Waals surface area contributed by atoms with Gasteiger partial charge in [0.15, 0.2) is 0 Å². The largest absolute Gasteiger partial charge is 0.383 e. The first-order chi connectivity index (χ1) is 9.27. The highest BCUT2D eigenvalue weighted by Gasteiger charge is 2.11. The van der Waals surface area contributed by atoms with E-state index in [0.29, 0.717) is 5.92 Å². The minimum Gasteiger partial charge on any atom is -0.383 e. The van der Waals surface area contributed by atoms with Gasteiger partial charge in [-0.05, 0) is 30.9 Å². The van der Waals surface area contributed by atoms with Gasteiger partial charge in [0.1, 0.15) is 0 Å². The maximum absolute atomic E-state index is 5.58. The van der Waals surface area contributed by atoms with E-state index in [-0.39, 0.29) is 0 Å². The van der Waals surface area contributed by atoms with Crippen LogP contribution in [-0.4, -0.2) is 40.0 Å². The Morgan fingerprint density at radius 2 is 2.11 bits per heavy atom. The SMILES string of the molecule is CCOCC(CNCCOC)Cc1ccccc1Br. The molecule has 0 aliphatic carbocycles. The third-order valence-corrected chi connectivity index (χ3v) is 3.71. The molecule has 1 unspecified atom stereocenters. The van der Waals surface area contributed by atoms with Crippen LogP contribution in [0.25, 0.3) is 0 Å². The molecule has 0 saturated carbocycles. The molecule has 0 amide bonds. The summed E-state index contributed by atoms with van der Waals surface area (Å²) in [7, 11) is 1.72. The zero-order valence-electron chi connectivity index (χ0n) is 11.8. The molecule has 0 aliphatic rings. The second kappa shape index (κ2) is 10.4. The van der Waals surface area contributed by atoms with Gasteiger partial charge in [0.2, 0.25) is 0 Å². The monoisotopic (exact) mass is 329 g/mol. The van der Waals surface area contributed by atoms with Crippen molar-refractivity contribution in [2.75, 3.05) is 40.0 Å². The first kappa shape index (κ1) is 16.6. The topological polar surface area (TPSA) is 30.5 Å². The van der Waals surface area contributed by atoms with Crippen molar-refractivity contribution in [2.45, 2.75) is 13.3 Å². The molecular formula is C15H24BrNO2. The lowest BCUT2D eigenvalue weighted by Crippen LogP contribution is -2.30. The Balaban J connectivity index is 2.46. The Hall–Kier alpha value is -0.420. The van der Waals surface area contributed by atoms with Crippen LogP contribution in [0.4, 0.5) is 0 Å². The summed E-state index contributed by atoms with van der Waals surface area (Å²) in [6.07, 6.45) is 1.02. The predicted molar refractivity (Wildman–Crippen MR) is 82.6 cm³/mol. The van der Waals surface area contributed by atoms with E-state index in [4.69, 9.17) is 9.47 Å². The molecule has 0 aliphatic heterocycles. The van der Waals surface area contributed by atoms with Crippen molar-refractivity contribution in [3.8, 4) is 0 Å². The summed E-state index contributed by atoms with van der Waals surface area (Å²) < 4.78 is 11.8. The summed E-state index contributed by atoms with van der Waals surface area (Å²) in [5, 5.41) is 3.41. The highest BCUT2D eigenvalue weighted by molar-refractivity contribution is 9.10. The number of methoxy groups -OCH3 is 1. The van der Waals surface area contributed by atoms with Crippen LogP contribution in [-0.2, 0) is 15.9 Å². The number of benzene rings is 1. The van der Waals surface area contributed by atoms with Gasteiger partial charge in [-0.15, -0.1) is 0 Å². The minimum atomic E-state index is 0.482. The highest BCUT2D eigenvalue weighted by Crippen LogP contribution is 2.19. The number of nitrogens with one attached hydrogen (secondary N) is 1. The van der Waals surface area contributed by atoms with Gasteiger partial charge in [0.25, 0.3) is 0 Å². The Bertz CT molecular complexity index is 347. The number of ether oxygens (including phenoxy) is 2. The maximum atomic E-state index is 5.58.